The zero-order valence-corrected chi connectivity index (χ0v) is 10.7. The number of halogens is 2. The minimum atomic E-state index is -0.385. The summed E-state index contributed by atoms with van der Waals surface area (Å²) in [5.41, 5.74) is 0.0828. The van der Waals surface area contributed by atoms with E-state index in [1.54, 1.807) is 12.3 Å². The van der Waals surface area contributed by atoms with Crippen LogP contribution in [0.3, 0.4) is 0 Å². The van der Waals surface area contributed by atoms with Crippen LogP contribution < -0.4 is 10.2 Å². The van der Waals surface area contributed by atoms with Gasteiger partial charge in [-0.3, -0.25) is 10.1 Å². The summed E-state index contributed by atoms with van der Waals surface area (Å²) in [5, 5.41) is 14.0. The third-order valence-electron chi connectivity index (χ3n) is 2.38. The summed E-state index contributed by atoms with van der Waals surface area (Å²) in [4.78, 5) is 16.4. The lowest BCUT2D eigenvalue weighted by molar-refractivity contribution is -0.384. The third-order valence-corrected chi connectivity index (χ3v) is 2.38. The van der Waals surface area contributed by atoms with Crippen LogP contribution in [-0.4, -0.2) is 36.1 Å². The molecule has 1 saturated heterocycles. The Morgan fingerprint density at radius 3 is 2.59 bits per heavy atom. The molecular weight excluding hydrogens is 267 g/mol. The Balaban J connectivity index is 0.00000128. The number of piperazine rings is 1. The number of pyridine rings is 1. The van der Waals surface area contributed by atoms with Crippen molar-refractivity contribution < 1.29 is 4.92 Å². The first-order valence-electron chi connectivity index (χ1n) is 4.84. The number of hydrogen-bond acceptors (Lipinski definition) is 5. The standard InChI is InChI=1S/C9H12N4O2.2ClH/c14-13(15)8-2-1-3-11-9(8)12-6-4-10-5-7-12;;/h1-3,10H,4-7H2;2*1H. The molecule has 2 heterocycles. The smallest absolute Gasteiger partial charge is 0.311 e. The maximum absolute atomic E-state index is 10.8. The number of nitro groups is 1. The molecule has 0 saturated carbocycles. The number of anilines is 1. The Labute approximate surface area is 111 Å². The highest BCUT2D eigenvalue weighted by Gasteiger charge is 2.21. The highest BCUT2D eigenvalue weighted by Crippen LogP contribution is 2.24. The first kappa shape index (κ1) is 15.9. The van der Waals surface area contributed by atoms with Gasteiger partial charge in [-0.1, -0.05) is 0 Å². The molecule has 17 heavy (non-hydrogen) atoms. The van der Waals surface area contributed by atoms with Crippen molar-refractivity contribution in [2.24, 2.45) is 0 Å². The number of aromatic nitrogens is 1. The van der Waals surface area contributed by atoms with Gasteiger partial charge in [0, 0.05) is 38.4 Å². The maximum Gasteiger partial charge on any atom is 0.311 e. The van der Waals surface area contributed by atoms with E-state index in [1.165, 1.54) is 6.07 Å². The van der Waals surface area contributed by atoms with E-state index >= 15 is 0 Å². The molecule has 8 heteroatoms. The highest BCUT2D eigenvalue weighted by molar-refractivity contribution is 5.85. The molecule has 1 aromatic rings. The van der Waals surface area contributed by atoms with Crippen molar-refractivity contribution in [1.29, 1.82) is 0 Å². The predicted molar refractivity (Wildman–Crippen MR) is 70.5 cm³/mol. The topological polar surface area (TPSA) is 71.3 Å². The Morgan fingerprint density at radius 1 is 1.35 bits per heavy atom. The second kappa shape index (κ2) is 7.26. The summed E-state index contributed by atoms with van der Waals surface area (Å²) in [5.74, 6) is 0.476. The van der Waals surface area contributed by atoms with Crippen LogP contribution in [0.1, 0.15) is 0 Å². The van der Waals surface area contributed by atoms with E-state index in [2.05, 4.69) is 10.3 Å². The van der Waals surface area contributed by atoms with Gasteiger partial charge in [0.2, 0.25) is 5.82 Å². The average Bonchev–Trinajstić information content (AvgIpc) is 2.30. The van der Waals surface area contributed by atoms with E-state index in [1.807, 2.05) is 4.90 Å². The lowest BCUT2D eigenvalue weighted by Crippen LogP contribution is -2.44. The average molecular weight is 281 g/mol. The molecule has 2 rings (SSSR count). The fraction of sp³-hybridized carbons (Fsp3) is 0.444. The van der Waals surface area contributed by atoms with Crippen molar-refractivity contribution in [3.8, 4) is 0 Å². The second-order valence-electron chi connectivity index (χ2n) is 3.34. The molecule has 6 nitrogen and oxygen atoms in total. The Bertz CT molecular complexity index is 372. The van der Waals surface area contributed by atoms with Gasteiger partial charge in [0.15, 0.2) is 0 Å². The third kappa shape index (κ3) is 3.69. The summed E-state index contributed by atoms with van der Waals surface area (Å²) in [7, 11) is 0. The van der Waals surface area contributed by atoms with Gasteiger partial charge in [-0.05, 0) is 6.07 Å². The van der Waals surface area contributed by atoms with E-state index in [-0.39, 0.29) is 35.4 Å². The molecule has 0 radical (unpaired) electrons. The molecular formula is C9H14Cl2N4O2. The minimum Gasteiger partial charge on any atom is -0.348 e. The molecule has 0 aliphatic carbocycles. The van der Waals surface area contributed by atoms with Crippen LogP contribution in [0.25, 0.3) is 0 Å². The van der Waals surface area contributed by atoms with Crippen LogP contribution in [-0.2, 0) is 0 Å². The molecule has 0 aromatic carbocycles. The van der Waals surface area contributed by atoms with Crippen molar-refractivity contribution in [2.75, 3.05) is 31.1 Å². The van der Waals surface area contributed by atoms with Crippen molar-refractivity contribution >= 4 is 36.3 Å². The van der Waals surface area contributed by atoms with Crippen LogP contribution >= 0.6 is 24.8 Å². The summed E-state index contributed by atoms with van der Waals surface area (Å²) in [6, 6.07) is 3.08. The van der Waals surface area contributed by atoms with E-state index in [4.69, 9.17) is 0 Å². The number of hydrogen-bond donors (Lipinski definition) is 1. The second-order valence-corrected chi connectivity index (χ2v) is 3.34. The molecule has 0 bridgehead atoms. The molecule has 1 aromatic heterocycles. The van der Waals surface area contributed by atoms with Gasteiger partial charge < -0.3 is 10.2 Å². The molecule has 0 amide bonds. The lowest BCUT2D eigenvalue weighted by atomic mass is 10.3. The maximum atomic E-state index is 10.8. The van der Waals surface area contributed by atoms with Gasteiger partial charge >= 0.3 is 5.69 Å². The van der Waals surface area contributed by atoms with Gasteiger partial charge in [-0.25, -0.2) is 4.98 Å². The lowest BCUT2D eigenvalue weighted by Gasteiger charge is -2.27. The van der Waals surface area contributed by atoms with Crippen molar-refractivity contribution in [2.45, 2.75) is 0 Å². The zero-order chi connectivity index (χ0) is 10.7. The molecule has 0 atom stereocenters. The van der Waals surface area contributed by atoms with E-state index in [0.717, 1.165) is 26.2 Å². The largest absolute Gasteiger partial charge is 0.348 e. The summed E-state index contributed by atoms with van der Waals surface area (Å²) >= 11 is 0. The normalized spacial score (nSPS) is 14.5. The zero-order valence-electron chi connectivity index (χ0n) is 9.04. The number of nitrogens with one attached hydrogen (secondary N) is 1. The van der Waals surface area contributed by atoms with Crippen molar-refractivity contribution in [3.63, 3.8) is 0 Å². The van der Waals surface area contributed by atoms with Crippen LogP contribution in [0, 0.1) is 10.1 Å². The SMILES string of the molecule is Cl.Cl.O=[N+]([O-])c1cccnc1N1CCNCC1. The van der Waals surface area contributed by atoms with Crippen LogP contribution in [0.15, 0.2) is 18.3 Å². The first-order chi connectivity index (χ1) is 7.29. The van der Waals surface area contributed by atoms with Crippen molar-refractivity contribution in [3.05, 3.63) is 28.4 Å². The Morgan fingerprint density at radius 2 is 2.00 bits per heavy atom. The number of rotatable bonds is 2. The predicted octanol–water partition coefficient (Wildman–Crippen LogP) is 1.24. The van der Waals surface area contributed by atoms with Gasteiger partial charge in [-0.15, -0.1) is 24.8 Å². The van der Waals surface area contributed by atoms with Gasteiger partial charge in [0.05, 0.1) is 4.92 Å². The number of nitrogens with zero attached hydrogens (tertiary/aromatic N) is 3. The fourth-order valence-corrected chi connectivity index (χ4v) is 1.65. The Kier molecular flexibility index (Phi) is 6.79. The summed E-state index contributed by atoms with van der Waals surface area (Å²) < 4.78 is 0. The minimum absolute atomic E-state index is 0. The summed E-state index contributed by atoms with van der Waals surface area (Å²) in [6.07, 6.45) is 1.59. The van der Waals surface area contributed by atoms with Crippen molar-refractivity contribution in [1.82, 2.24) is 10.3 Å². The quantitative estimate of drug-likeness (QED) is 0.652. The van der Waals surface area contributed by atoms with E-state index in [0.29, 0.717) is 5.82 Å². The molecule has 0 unspecified atom stereocenters. The molecule has 1 aliphatic heterocycles. The highest BCUT2D eigenvalue weighted by atomic mass is 35.5. The molecule has 1 aliphatic rings. The summed E-state index contributed by atoms with van der Waals surface area (Å²) in [6.45, 7) is 3.21. The monoisotopic (exact) mass is 280 g/mol. The molecule has 1 N–H and O–H groups in total. The fourth-order valence-electron chi connectivity index (χ4n) is 1.65. The van der Waals surface area contributed by atoms with Gasteiger partial charge in [0.25, 0.3) is 0 Å². The van der Waals surface area contributed by atoms with Crippen LogP contribution in [0.5, 0.6) is 0 Å². The van der Waals surface area contributed by atoms with Gasteiger partial charge in [0.1, 0.15) is 0 Å². The molecule has 1 fully saturated rings. The van der Waals surface area contributed by atoms with E-state index < -0.39 is 0 Å². The molecule has 96 valence electrons. The van der Waals surface area contributed by atoms with Crippen LogP contribution in [0.4, 0.5) is 11.5 Å². The van der Waals surface area contributed by atoms with E-state index in [9.17, 15) is 10.1 Å². The Hall–Kier alpha value is -1.11. The first-order valence-corrected chi connectivity index (χ1v) is 4.84. The van der Waals surface area contributed by atoms with Crippen LogP contribution in [0.2, 0.25) is 0 Å². The van der Waals surface area contributed by atoms with Gasteiger partial charge in [-0.2, -0.15) is 0 Å². The molecule has 0 spiro atoms.